The summed E-state index contributed by atoms with van der Waals surface area (Å²) in [7, 11) is 1.60. The Morgan fingerprint density at radius 1 is 1.21 bits per heavy atom. The molecule has 6 heteroatoms. The number of halogens is 2. The number of methoxy groups -OCH3 is 1. The van der Waals surface area contributed by atoms with Crippen molar-refractivity contribution < 1.29 is 9.84 Å². The summed E-state index contributed by atoms with van der Waals surface area (Å²) in [5.74, 6) is 0.854. The van der Waals surface area contributed by atoms with Crippen LogP contribution >= 0.6 is 24.8 Å². The second kappa shape index (κ2) is 9.30. The first-order valence-electron chi connectivity index (χ1n) is 7.31. The number of benzene rings is 1. The van der Waals surface area contributed by atoms with Gasteiger partial charge in [0.1, 0.15) is 11.5 Å². The number of nitrogens with zero attached hydrogens (tertiary/aromatic N) is 2. The second-order valence-electron chi connectivity index (χ2n) is 5.17. The summed E-state index contributed by atoms with van der Waals surface area (Å²) in [6.07, 6.45) is 7.70. The van der Waals surface area contributed by atoms with E-state index >= 15 is 0 Å². The first-order valence-corrected chi connectivity index (χ1v) is 7.31. The van der Waals surface area contributed by atoms with Gasteiger partial charge in [0.25, 0.3) is 0 Å². The first-order chi connectivity index (χ1) is 10.8. The van der Waals surface area contributed by atoms with E-state index in [1.165, 1.54) is 5.57 Å². The fourth-order valence-corrected chi connectivity index (χ4v) is 2.61. The van der Waals surface area contributed by atoms with Crippen LogP contribution in [0, 0.1) is 0 Å². The zero-order valence-electron chi connectivity index (χ0n) is 13.3. The van der Waals surface area contributed by atoms with Gasteiger partial charge in [-0.25, -0.2) is 0 Å². The number of aromatic hydroxyl groups is 1. The summed E-state index contributed by atoms with van der Waals surface area (Å²) in [5.41, 5.74) is 4.14. The average Bonchev–Trinajstić information content (AvgIpc) is 2.57. The molecule has 0 amide bonds. The highest BCUT2D eigenvalue weighted by molar-refractivity contribution is 6.15. The van der Waals surface area contributed by atoms with Crippen LogP contribution in [-0.2, 0) is 0 Å². The van der Waals surface area contributed by atoms with Gasteiger partial charge in [-0.15, -0.1) is 24.8 Å². The monoisotopic (exact) mass is 366 g/mol. The molecule has 0 atom stereocenters. The number of rotatable bonds is 3. The normalized spacial score (nSPS) is 15.0. The lowest BCUT2D eigenvalue weighted by atomic mass is 9.94. The number of aromatic nitrogens is 1. The lowest BCUT2D eigenvalue weighted by Gasteiger charge is -2.17. The van der Waals surface area contributed by atoms with E-state index in [0.717, 1.165) is 36.2 Å². The van der Waals surface area contributed by atoms with Gasteiger partial charge in [-0.05, 0) is 48.8 Å². The first kappa shape index (κ1) is 20.0. The Labute approximate surface area is 154 Å². The zero-order chi connectivity index (χ0) is 15.4. The Bertz CT molecular complexity index is 731. The van der Waals surface area contributed by atoms with Gasteiger partial charge in [0.15, 0.2) is 0 Å². The van der Waals surface area contributed by atoms with E-state index in [9.17, 15) is 5.11 Å². The molecule has 2 aromatic rings. The van der Waals surface area contributed by atoms with Crippen molar-refractivity contribution in [2.24, 2.45) is 4.99 Å². The van der Waals surface area contributed by atoms with Crippen molar-refractivity contribution in [3.8, 4) is 11.5 Å². The van der Waals surface area contributed by atoms with E-state index in [1.54, 1.807) is 25.4 Å². The van der Waals surface area contributed by atoms with Crippen LogP contribution in [0.2, 0.25) is 0 Å². The smallest absolute Gasteiger partial charge is 0.129 e. The van der Waals surface area contributed by atoms with Crippen molar-refractivity contribution in [1.29, 1.82) is 0 Å². The number of pyridine rings is 1. The van der Waals surface area contributed by atoms with E-state index in [1.807, 2.05) is 24.4 Å². The predicted octanol–water partition coefficient (Wildman–Crippen LogP) is 4.31. The van der Waals surface area contributed by atoms with E-state index in [2.05, 4.69) is 16.1 Å². The minimum absolute atomic E-state index is 0. The van der Waals surface area contributed by atoms with Crippen LogP contribution < -0.4 is 4.74 Å². The zero-order valence-corrected chi connectivity index (χ0v) is 14.9. The molecular weight excluding hydrogens is 347 g/mol. The summed E-state index contributed by atoms with van der Waals surface area (Å²) in [6.45, 7) is 0.842. The molecule has 2 heterocycles. The Kier molecular flexibility index (Phi) is 7.75. The number of phenolic OH excluding ortho intramolecular Hbond substituents is 1. The number of aliphatic imine (C=N–C) groups is 1. The van der Waals surface area contributed by atoms with Gasteiger partial charge in [0, 0.05) is 36.1 Å². The molecule has 4 nitrogen and oxygen atoms in total. The molecule has 0 bridgehead atoms. The fourth-order valence-electron chi connectivity index (χ4n) is 2.61. The van der Waals surface area contributed by atoms with Crippen molar-refractivity contribution in [2.45, 2.75) is 12.8 Å². The van der Waals surface area contributed by atoms with Crippen LogP contribution in [0.3, 0.4) is 0 Å². The molecule has 1 N–H and O–H groups in total. The molecule has 1 aliphatic heterocycles. The molecule has 3 rings (SSSR count). The van der Waals surface area contributed by atoms with Crippen LogP contribution in [-0.4, -0.2) is 29.5 Å². The van der Waals surface area contributed by atoms with Crippen molar-refractivity contribution >= 4 is 36.6 Å². The molecule has 1 aromatic carbocycles. The van der Waals surface area contributed by atoms with Crippen LogP contribution in [0.15, 0.2) is 53.3 Å². The molecular formula is C18H20Cl2N2O2. The molecule has 0 saturated carbocycles. The van der Waals surface area contributed by atoms with Crippen molar-refractivity contribution in [2.75, 3.05) is 13.7 Å². The molecule has 0 saturated heterocycles. The lowest BCUT2D eigenvalue weighted by molar-refractivity contribution is 0.406. The highest BCUT2D eigenvalue weighted by Crippen LogP contribution is 2.28. The third kappa shape index (κ3) is 4.49. The molecule has 0 radical (unpaired) electrons. The molecule has 128 valence electrons. The predicted molar refractivity (Wildman–Crippen MR) is 102 cm³/mol. The van der Waals surface area contributed by atoms with Crippen LogP contribution in [0.5, 0.6) is 11.5 Å². The molecule has 24 heavy (non-hydrogen) atoms. The average molecular weight is 367 g/mol. The minimum Gasteiger partial charge on any atom is -0.508 e. The second-order valence-corrected chi connectivity index (χ2v) is 5.17. The summed E-state index contributed by atoms with van der Waals surface area (Å²) >= 11 is 0. The summed E-state index contributed by atoms with van der Waals surface area (Å²) < 4.78 is 5.35. The van der Waals surface area contributed by atoms with Gasteiger partial charge in [-0.2, -0.15) is 0 Å². The van der Waals surface area contributed by atoms with Gasteiger partial charge in [-0.3, -0.25) is 9.98 Å². The number of phenols is 1. The molecule has 0 unspecified atom stereocenters. The highest BCUT2D eigenvalue weighted by Gasteiger charge is 2.15. The third-order valence-electron chi connectivity index (χ3n) is 3.66. The highest BCUT2D eigenvalue weighted by atomic mass is 35.5. The quantitative estimate of drug-likeness (QED) is 0.880. The van der Waals surface area contributed by atoms with E-state index in [-0.39, 0.29) is 30.6 Å². The minimum atomic E-state index is 0. The molecule has 0 spiro atoms. The summed E-state index contributed by atoms with van der Waals surface area (Å²) in [4.78, 5) is 8.85. The van der Waals surface area contributed by atoms with Gasteiger partial charge in [0.2, 0.25) is 0 Å². The van der Waals surface area contributed by atoms with Gasteiger partial charge < -0.3 is 9.84 Å². The Hall–Kier alpha value is -2.04. The van der Waals surface area contributed by atoms with Gasteiger partial charge in [-0.1, -0.05) is 0 Å². The van der Waals surface area contributed by atoms with E-state index < -0.39 is 0 Å². The summed E-state index contributed by atoms with van der Waals surface area (Å²) in [5, 5.41) is 9.57. The Morgan fingerprint density at radius 3 is 2.75 bits per heavy atom. The topological polar surface area (TPSA) is 54.7 Å². The molecule has 1 aliphatic rings. The standard InChI is InChI=1S/C18H18N2O2.2ClH/c1-22-17-11-16(21)7-6-13(17)10-14-4-3-9-20-18(14)15-5-2-8-19-12-15;;/h2,5-8,10-12,21H,3-4,9H2,1H3;2*1H/b14-10+;;. The Morgan fingerprint density at radius 2 is 2.04 bits per heavy atom. The van der Waals surface area contributed by atoms with Crippen LogP contribution in [0.25, 0.3) is 6.08 Å². The van der Waals surface area contributed by atoms with Gasteiger partial charge >= 0.3 is 0 Å². The number of allylic oxidation sites excluding steroid dienone is 1. The van der Waals surface area contributed by atoms with Crippen LogP contribution in [0.1, 0.15) is 24.0 Å². The molecule has 0 aliphatic carbocycles. The maximum absolute atomic E-state index is 9.57. The third-order valence-corrected chi connectivity index (χ3v) is 3.66. The maximum Gasteiger partial charge on any atom is 0.129 e. The van der Waals surface area contributed by atoms with Crippen LogP contribution in [0.4, 0.5) is 0 Å². The van der Waals surface area contributed by atoms with E-state index in [4.69, 9.17) is 4.74 Å². The van der Waals surface area contributed by atoms with Crippen molar-refractivity contribution in [3.05, 3.63) is 59.4 Å². The largest absolute Gasteiger partial charge is 0.508 e. The lowest BCUT2D eigenvalue weighted by Crippen LogP contribution is -2.12. The van der Waals surface area contributed by atoms with E-state index in [0.29, 0.717) is 5.75 Å². The van der Waals surface area contributed by atoms with Crippen molar-refractivity contribution in [1.82, 2.24) is 4.98 Å². The molecule has 0 fully saturated rings. The number of ether oxygens (including phenoxy) is 1. The SMILES string of the molecule is COc1cc(O)ccc1/C=C1\CCCN=C1c1cccnc1.Cl.Cl. The Balaban J connectivity index is 0.00000144. The number of hydrogen-bond donors (Lipinski definition) is 1. The van der Waals surface area contributed by atoms with Gasteiger partial charge in [0.05, 0.1) is 12.8 Å². The maximum atomic E-state index is 9.57. The van der Waals surface area contributed by atoms with Crippen molar-refractivity contribution in [3.63, 3.8) is 0 Å². The molecule has 1 aromatic heterocycles. The number of hydrogen-bond acceptors (Lipinski definition) is 4. The summed E-state index contributed by atoms with van der Waals surface area (Å²) in [6, 6.07) is 9.09. The fraction of sp³-hybridized carbons (Fsp3) is 0.222.